The molecule has 1 aromatic carbocycles. The van der Waals surface area contributed by atoms with Crippen LogP contribution in [-0.4, -0.2) is 36.5 Å². The highest BCUT2D eigenvalue weighted by atomic mass is 19.1. The van der Waals surface area contributed by atoms with Gasteiger partial charge in [-0.2, -0.15) is 0 Å². The molecule has 3 N–H and O–H groups in total. The molecule has 108 valence electrons. The number of nitrogens with zero attached hydrogens (tertiary/aromatic N) is 2. The lowest BCUT2D eigenvalue weighted by Gasteiger charge is -2.35. The van der Waals surface area contributed by atoms with Crippen molar-refractivity contribution in [2.45, 2.75) is 13.0 Å². The Labute approximate surface area is 114 Å². The van der Waals surface area contributed by atoms with E-state index in [-0.39, 0.29) is 16.9 Å². The van der Waals surface area contributed by atoms with Gasteiger partial charge < -0.3 is 16.0 Å². The number of nitrogens with one attached hydrogen (secondary N) is 1. The molecular weight excluding hydrogens is 267 g/mol. The number of nitro benzene ring substituents is 1. The normalized spacial score (nSPS) is 18.9. The molecule has 1 fully saturated rings. The molecule has 20 heavy (non-hydrogen) atoms. The Balaban J connectivity index is 2.51. The number of amides is 1. The summed E-state index contributed by atoms with van der Waals surface area (Å²) >= 11 is 0. The number of nitrogens with two attached hydrogens (primary N) is 1. The minimum Gasteiger partial charge on any atom is -0.368 e. The van der Waals surface area contributed by atoms with Crippen LogP contribution in [0.4, 0.5) is 15.8 Å². The molecule has 1 saturated heterocycles. The van der Waals surface area contributed by atoms with E-state index < -0.39 is 22.7 Å². The van der Waals surface area contributed by atoms with Gasteiger partial charge in [-0.15, -0.1) is 0 Å². The maximum Gasteiger partial charge on any atom is 0.295 e. The lowest BCUT2D eigenvalue weighted by molar-refractivity contribution is -0.384. The molecule has 0 saturated carbocycles. The molecule has 0 aliphatic carbocycles. The fourth-order valence-corrected chi connectivity index (χ4v) is 2.28. The van der Waals surface area contributed by atoms with Gasteiger partial charge in [0.2, 0.25) is 5.91 Å². The van der Waals surface area contributed by atoms with E-state index in [0.717, 1.165) is 6.07 Å². The molecule has 1 unspecified atom stereocenters. The highest BCUT2D eigenvalue weighted by Gasteiger charge is 2.32. The molecule has 0 aromatic heterocycles. The molecule has 8 heteroatoms. The van der Waals surface area contributed by atoms with Crippen molar-refractivity contribution in [3.63, 3.8) is 0 Å². The van der Waals surface area contributed by atoms with Crippen LogP contribution in [0.3, 0.4) is 0 Å². The maximum absolute atomic E-state index is 13.5. The van der Waals surface area contributed by atoms with Gasteiger partial charge in [0.15, 0.2) is 0 Å². The van der Waals surface area contributed by atoms with E-state index in [2.05, 4.69) is 5.32 Å². The molecular formula is C12H15FN4O3. The van der Waals surface area contributed by atoms with Crippen LogP contribution in [0, 0.1) is 22.9 Å². The molecule has 0 radical (unpaired) electrons. The van der Waals surface area contributed by atoms with Crippen LogP contribution in [0.15, 0.2) is 12.1 Å². The van der Waals surface area contributed by atoms with Crippen molar-refractivity contribution in [3.05, 3.63) is 33.6 Å². The van der Waals surface area contributed by atoms with Crippen LogP contribution in [0.5, 0.6) is 0 Å². The van der Waals surface area contributed by atoms with Crippen molar-refractivity contribution in [2.24, 2.45) is 5.73 Å². The van der Waals surface area contributed by atoms with Crippen molar-refractivity contribution >= 4 is 17.3 Å². The summed E-state index contributed by atoms with van der Waals surface area (Å²) in [6, 6.07) is 1.58. The number of primary amides is 1. The first-order valence-corrected chi connectivity index (χ1v) is 6.13. The summed E-state index contributed by atoms with van der Waals surface area (Å²) in [5, 5.41) is 14.1. The Morgan fingerprint density at radius 2 is 2.30 bits per heavy atom. The minimum atomic E-state index is -0.688. The van der Waals surface area contributed by atoms with Gasteiger partial charge in [-0.3, -0.25) is 14.9 Å². The van der Waals surface area contributed by atoms with Gasteiger partial charge in [0, 0.05) is 19.6 Å². The summed E-state index contributed by atoms with van der Waals surface area (Å²) in [6.45, 7) is 2.78. The first-order chi connectivity index (χ1) is 9.41. The van der Waals surface area contributed by atoms with E-state index in [1.165, 1.54) is 13.0 Å². The van der Waals surface area contributed by atoms with Crippen LogP contribution >= 0.6 is 0 Å². The highest BCUT2D eigenvalue weighted by Crippen LogP contribution is 2.32. The molecule has 0 bridgehead atoms. The lowest BCUT2D eigenvalue weighted by atomic mass is 10.1. The predicted octanol–water partition coefficient (Wildman–Crippen LogP) is 0.306. The van der Waals surface area contributed by atoms with Crippen LogP contribution in [0.2, 0.25) is 0 Å². The van der Waals surface area contributed by atoms with Crippen LogP contribution in [-0.2, 0) is 4.79 Å². The Morgan fingerprint density at radius 3 is 2.90 bits per heavy atom. The Kier molecular flexibility index (Phi) is 3.84. The zero-order chi connectivity index (χ0) is 14.9. The number of piperazine rings is 1. The van der Waals surface area contributed by atoms with Crippen molar-refractivity contribution in [2.75, 3.05) is 24.5 Å². The summed E-state index contributed by atoms with van der Waals surface area (Å²) in [7, 11) is 0. The third kappa shape index (κ3) is 2.55. The van der Waals surface area contributed by atoms with Gasteiger partial charge in [-0.25, -0.2) is 4.39 Å². The molecule has 1 aliphatic rings. The largest absolute Gasteiger partial charge is 0.368 e. The van der Waals surface area contributed by atoms with Crippen LogP contribution in [0.25, 0.3) is 0 Å². The average molecular weight is 282 g/mol. The number of halogens is 1. The van der Waals surface area contributed by atoms with Gasteiger partial charge in [-0.05, 0) is 18.6 Å². The fourth-order valence-electron chi connectivity index (χ4n) is 2.28. The molecule has 1 amide bonds. The Hall–Kier alpha value is -2.22. The number of benzene rings is 1. The summed E-state index contributed by atoms with van der Waals surface area (Å²) in [5.74, 6) is -1.22. The molecule has 1 aliphatic heterocycles. The second-order valence-corrected chi connectivity index (χ2v) is 4.66. The number of hydrogen-bond acceptors (Lipinski definition) is 5. The number of anilines is 1. The smallest absolute Gasteiger partial charge is 0.295 e. The fraction of sp³-hybridized carbons (Fsp3) is 0.417. The minimum absolute atomic E-state index is 0.221. The standard InChI is InChI=1S/C12H15FN4O3/c1-7-4-9(10(17(19)20)5-8(7)13)16-3-2-15-6-11(16)12(14)18/h4-5,11,15H,2-3,6H2,1H3,(H2,14,18). The Morgan fingerprint density at radius 1 is 1.60 bits per heavy atom. The van der Waals surface area contributed by atoms with Gasteiger partial charge in [0.25, 0.3) is 5.69 Å². The summed E-state index contributed by atoms with van der Waals surface area (Å²) in [5.41, 5.74) is 5.47. The van der Waals surface area contributed by atoms with E-state index in [1.54, 1.807) is 4.90 Å². The zero-order valence-electron chi connectivity index (χ0n) is 10.9. The van der Waals surface area contributed by atoms with Gasteiger partial charge >= 0.3 is 0 Å². The Bertz CT molecular complexity index is 564. The van der Waals surface area contributed by atoms with Crippen molar-refractivity contribution in [3.8, 4) is 0 Å². The quantitative estimate of drug-likeness (QED) is 0.613. The first kappa shape index (κ1) is 14.2. The number of hydrogen-bond donors (Lipinski definition) is 2. The average Bonchev–Trinajstić information content (AvgIpc) is 2.41. The zero-order valence-corrected chi connectivity index (χ0v) is 10.9. The predicted molar refractivity (Wildman–Crippen MR) is 71.0 cm³/mol. The second kappa shape index (κ2) is 5.41. The second-order valence-electron chi connectivity index (χ2n) is 4.66. The summed E-state index contributed by atoms with van der Waals surface area (Å²) < 4.78 is 13.5. The van der Waals surface area contributed by atoms with Gasteiger partial charge in [0.1, 0.15) is 17.5 Å². The first-order valence-electron chi connectivity index (χ1n) is 6.13. The van der Waals surface area contributed by atoms with Crippen molar-refractivity contribution in [1.82, 2.24) is 5.32 Å². The van der Waals surface area contributed by atoms with Gasteiger partial charge in [-0.1, -0.05) is 0 Å². The molecule has 7 nitrogen and oxygen atoms in total. The summed E-state index contributed by atoms with van der Waals surface area (Å²) in [6.07, 6.45) is 0. The van der Waals surface area contributed by atoms with Crippen molar-refractivity contribution in [1.29, 1.82) is 0 Å². The van der Waals surface area contributed by atoms with E-state index >= 15 is 0 Å². The monoisotopic (exact) mass is 282 g/mol. The highest BCUT2D eigenvalue weighted by molar-refractivity contribution is 5.85. The third-order valence-corrected chi connectivity index (χ3v) is 3.33. The molecule has 2 rings (SSSR count). The van der Waals surface area contributed by atoms with E-state index in [9.17, 15) is 19.3 Å². The third-order valence-electron chi connectivity index (χ3n) is 3.33. The maximum atomic E-state index is 13.5. The number of carbonyl (C=O) groups excluding carboxylic acids is 1. The molecule has 1 aromatic rings. The van der Waals surface area contributed by atoms with E-state index in [4.69, 9.17) is 5.73 Å². The van der Waals surface area contributed by atoms with Crippen LogP contribution in [0.1, 0.15) is 5.56 Å². The summed E-state index contributed by atoms with van der Waals surface area (Å²) in [4.78, 5) is 23.5. The number of rotatable bonds is 3. The van der Waals surface area contributed by atoms with Gasteiger partial charge in [0.05, 0.1) is 11.0 Å². The van der Waals surface area contributed by atoms with E-state index in [0.29, 0.717) is 19.6 Å². The lowest BCUT2D eigenvalue weighted by Crippen LogP contribution is -2.57. The molecule has 1 atom stereocenters. The van der Waals surface area contributed by atoms with Crippen molar-refractivity contribution < 1.29 is 14.1 Å². The number of aryl methyl sites for hydroxylation is 1. The SMILES string of the molecule is Cc1cc(N2CCNCC2C(N)=O)c([N+](=O)[O-])cc1F. The van der Waals surface area contributed by atoms with E-state index in [1.807, 2.05) is 0 Å². The number of nitro groups is 1. The van der Waals surface area contributed by atoms with Crippen LogP contribution < -0.4 is 16.0 Å². The number of carbonyl (C=O) groups is 1. The topological polar surface area (TPSA) is 102 Å². The molecule has 1 heterocycles. The molecule has 0 spiro atoms.